The van der Waals surface area contributed by atoms with Crippen molar-refractivity contribution in [2.75, 3.05) is 39.8 Å². The second-order valence-electron chi connectivity index (χ2n) is 5.38. The van der Waals surface area contributed by atoms with E-state index in [9.17, 15) is 8.42 Å². The van der Waals surface area contributed by atoms with E-state index in [1.54, 1.807) is 24.3 Å². The highest BCUT2D eigenvalue weighted by molar-refractivity contribution is 7.89. The van der Waals surface area contributed by atoms with Crippen LogP contribution in [0.4, 0.5) is 0 Å². The zero-order valence-corrected chi connectivity index (χ0v) is 13.1. The summed E-state index contributed by atoms with van der Waals surface area (Å²) in [6.45, 7) is 3.29. The van der Waals surface area contributed by atoms with Crippen molar-refractivity contribution in [1.82, 2.24) is 9.62 Å². The van der Waals surface area contributed by atoms with Gasteiger partial charge in [0.25, 0.3) is 0 Å². The van der Waals surface area contributed by atoms with E-state index in [2.05, 4.69) is 16.7 Å². The van der Waals surface area contributed by atoms with Crippen molar-refractivity contribution < 1.29 is 13.2 Å². The fraction of sp³-hybridized carbons (Fsp3) is 0.571. The molecule has 0 aromatic heterocycles. The first-order chi connectivity index (χ1) is 10.0. The summed E-state index contributed by atoms with van der Waals surface area (Å²) in [5, 5.41) is 0. The van der Waals surface area contributed by atoms with Gasteiger partial charge in [0.2, 0.25) is 10.0 Å². The van der Waals surface area contributed by atoms with Crippen LogP contribution in [0, 0.1) is 5.92 Å². The molecule has 1 aromatic carbocycles. The summed E-state index contributed by atoms with van der Waals surface area (Å²) in [4.78, 5) is 2.47. The second-order valence-corrected chi connectivity index (χ2v) is 7.14. The summed E-state index contributed by atoms with van der Waals surface area (Å²) in [5.41, 5.74) is 5.35. The first-order valence-electron chi connectivity index (χ1n) is 7.12. The van der Waals surface area contributed by atoms with Gasteiger partial charge in [-0.05, 0) is 50.2 Å². The molecule has 0 bridgehead atoms. The van der Waals surface area contributed by atoms with Gasteiger partial charge in [0.1, 0.15) is 12.4 Å². The van der Waals surface area contributed by atoms with E-state index >= 15 is 0 Å². The molecule has 1 aliphatic rings. The van der Waals surface area contributed by atoms with E-state index in [1.165, 1.54) is 0 Å². The molecule has 0 aliphatic carbocycles. The van der Waals surface area contributed by atoms with Gasteiger partial charge in [-0.25, -0.2) is 13.1 Å². The average Bonchev–Trinajstić information content (AvgIpc) is 2.89. The van der Waals surface area contributed by atoms with Gasteiger partial charge in [0.05, 0.1) is 4.90 Å². The first-order valence-corrected chi connectivity index (χ1v) is 8.61. The highest BCUT2D eigenvalue weighted by atomic mass is 32.2. The van der Waals surface area contributed by atoms with E-state index < -0.39 is 10.0 Å². The van der Waals surface area contributed by atoms with Crippen LogP contribution in [0.2, 0.25) is 0 Å². The van der Waals surface area contributed by atoms with Crippen molar-refractivity contribution in [1.29, 1.82) is 0 Å². The Bertz CT molecular complexity index is 545. The Labute approximate surface area is 126 Å². The van der Waals surface area contributed by atoms with Crippen molar-refractivity contribution in [3.05, 3.63) is 24.3 Å². The van der Waals surface area contributed by atoms with Crippen LogP contribution in [-0.4, -0.2) is 53.2 Å². The van der Waals surface area contributed by atoms with Gasteiger partial charge in [0, 0.05) is 19.6 Å². The predicted molar refractivity (Wildman–Crippen MR) is 81.8 cm³/mol. The standard InChI is InChI=1S/C14H23N3O3S/c1-17-8-6-12(11-17)10-16-21(18,19)14-4-2-13(3-5-14)20-9-7-15/h2-5,12,16H,6-11,15H2,1H3. The third-order valence-electron chi connectivity index (χ3n) is 3.57. The van der Waals surface area contributed by atoms with Crippen molar-refractivity contribution in [3.8, 4) is 5.75 Å². The van der Waals surface area contributed by atoms with Crippen LogP contribution in [0.3, 0.4) is 0 Å². The summed E-state index contributed by atoms with van der Waals surface area (Å²) in [5.74, 6) is 1.01. The zero-order valence-electron chi connectivity index (χ0n) is 12.3. The number of likely N-dealkylation sites (tertiary alicyclic amines) is 1. The van der Waals surface area contributed by atoms with Crippen LogP contribution >= 0.6 is 0 Å². The zero-order chi connectivity index (χ0) is 15.3. The molecule has 1 unspecified atom stereocenters. The van der Waals surface area contributed by atoms with E-state index in [0.717, 1.165) is 19.5 Å². The Morgan fingerprint density at radius 1 is 1.38 bits per heavy atom. The molecule has 1 saturated heterocycles. The summed E-state index contributed by atoms with van der Waals surface area (Å²) in [7, 11) is -1.40. The summed E-state index contributed by atoms with van der Waals surface area (Å²) < 4.78 is 32.4. The highest BCUT2D eigenvalue weighted by Crippen LogP contribution is 2.17. The molecule has 0 saturated carbocycles. The molecule has 118 valence electrons. The third-order valence-corrected chi connectivity index (χ3v) is 5.01. The maximum Gasteiger partial charge on any atom is 0.240 e. The number of ether oxygens (including phenoxy) is 1. The van der Waals surface area contributed by atoms with E-state index in [0.29, 0.717) is 31.4 Å². The van der Waals surface area contributed by atoms with E-state index in [-0.39, 0.29) is 4.90 Å². The van der Waals surface area contributed by atoms with Crippen LogP contribution in [-0.2, 0) is 10.0 Å². The summed E-state index contributed by atoms with van der Waals surface area (Å²) in [6.07, 6.45) is 1.03. The number of hydrogen-bond acceptors (Lipinski definition) is 5. The molecule has 1 atom stereocenters. The molecule has 0 radical (unpaired) electrons. The van der Waals surface area contributed by atoms with Crippen molar-refractivity contribution in [3.63, 3.8) is 0 Å². The molecule has 6 nitrogen and oxygen atoms in total. The number of benzene rings is 1. The molecular weight excluding hydrogens is 290 g/mol. The molecule has 0 spiro atoms. The van der Waals surface area contributed by atoms with Crippen molar-refractivity contribution >= 4 is 10.0 Å². The summed E-state index contributed by atoms with van der Waals surface area (Å²) in [6, 6.07) is 6.39. The van der Waals surface area contributed by atoms with Gasteiger partial charge in [-0.2, -0.15) is 0 Å². The molecule has 1 aromatic rings. The molecule has 0 amide bonds. The minimum absolute atomic E-state index is 0.258. The minimum Gasteiger partial charge on any atom is -0.492 e. The molecule has 1 fully saturated rings. The maximum atomic E-state index is 12.2. The Kier molecular flexibility index (Phi) is 5.58. The van der Waals surface area contributed by atoms with Crippen LogP contribution < -0.4 is 15.2 Å². The maximum absolute atomic E-state index is 12.2. The lowest BCUT2D eigenvalue weighted by atomic mass is 10.1. The number of rotatable bonds is 7. The van der Waals surface area contributed by atoms with E-state index in [4.69, 9.17) is 10.5 Å². The Morgan fingerprint density at radius 2 is 2.10 bits per heavy atom. The molecule has 1 heterocycles. The van der Waals surface area contributed by atoms with Gasteiger partial charge in [-0.15, -0.1) is 0 Å². The summed E-state index contributed by atoms with van der Waals surface area (Å²) >= 11 is 0. The second kappa shape index (κ2) is 7.22. The van der Waals surface area contributed by atoms with Gasteiger partial charge in [0.15, 0.2) is 0 Å². The smallest absolute Gasteiger partial charge is 0.240 e. The Balaban J connectivity index is 1.92. The quantitative estimate of drug-likeness (QED) is 0.754. The van der Waals surface area contributed by atoms with Crippen LogP contribution in [0.1, 0.15) is 6.42 Å². The fourth-order valence-electron chi connectivity index (χ4n) is 2.40. The fourth-order valence-corrected chi connectivity index (χ4v) is 3.51. The SMILES string of the molecule is CN1CCC(CNS(=O)(=O)c2ccc(OCCN)cc2)C1. The van der Waals surface area contributed by atoms with Gasteiger partial charge in [-0.3, -0.25) is 0 Å². The van der Waals surface area contributed by atoms with Crippen LogP contribution in [0.15, 0.2) is 29.2 Å². The number of nitrogens with two attached hydrogens (primary N) is 1. The van der Waals surface area contributed by atoms with Crippen LogP contribution in [0.5, 0.6) is 5.75 Å². The number of sulfonamides is 1. The first kappa shape index (κ1) is 16.2. The molecule has 21 heavy (non-hydrogen) atoms. The monoisotopic (exact) mass is 313 g/mol. The normalized spacial score (nSPS) is 19.8. The Morgan fingerprint density at radius 3 is 2.67 bits per heavy atom. The number of hydrogen-bond donors (Lipinski definition) is 2. The van der Waals surface area contributed by atoms with Gasteiger partial charge >= 0.3 is 0 Å². The van der Waals surface area contributed by atoms with Crippen molar-refractivity contribution in [2.24, 2.45) is 11.7 Å². The lowest BCUT2D eigenvalue weighted by Gasteiger charge is -2.12. The lowest BCUT2D eigenvalue weighted by molar-refractivity contribution is 0.328. The molecular formula is C14H23N3O3S. The largest absolute Gasteiger partial charge is 0.492 e. The van der Waals surface area contributed by atoms with Gasteiger partial charge in [-0.1, -0.05) is 0 Å². The number of nitrogens with zero attached hydrogens (tertiary/aromatic N) is 1. The molecule has 2 rings (SSSR count). The number of nitrogens with one attached hydrogen (secondary N) is 1. The van der Waals surface area contributed by atoms with E-state index in [1.807, 2.05) is 0 Å². The van der Waals surface area contributed by atoms with Gasteiger partial charge < -0.3 is 15.4 Å². The highest BCUT2D eigenvalue weighted by Gasteiger charge is 2.22. The minimum atomic E-state index is -3.45. The topological polar surface area (TPSA) is 84.7 Å². The molecule has 1 aliphatic heterocycles. The Hall–Kier alpha value is -1.15. The third kappa shape index (κ3) is 4.67. The van der Waals surface area contributed by atoms with Crippen molar-refractivity contribution in [2.45, 2.75) is 11.3 Å². The van der Waals surface area contributed by atoms with Crippen LogP contribution in [0.25, 0.3) is 0 Å². The average molecular weight is 313 g/mol. The lowest BCUT2D eigenvalue weighted by Crippen LogP contribution is -2.30. The predicted octanol–water partition coefficient (Wildman–Crippen LogP) is 0.254. The molecule has 3 N–H and O–H groups in total. The molecule has 7 heteroatoms.